The molecule has 3 rings (SSSR count). The summed E-state index contributed by atoms with van der Waals surface area (Å²) >= 11 is 0. The monoisotopic (exact) mass is 286 g/mol. The Balaban J connectivity index is 1.64. The molecule has 1 aliphatic carbocycles. The van der Waals surface area contributed by atoms with E-state index >= 15 is 0 Å². The summed E-state index contributed by atoms with van der Waals surface area (Å²) in [5.74, 6) is 1.47. The quantitative estimate of drug-likeness (QED) is 0.908. The molecule has 4 unspecified atom stereocenters. The molecule has 0 radical (unpaired) electrons. The van der Waals surface area contributed by atoms with Gasteiger partial charge in [-0.15, -0.1) is 0 Å². The molecule has 114 valence electrons. The largest absolute Gasteiger partial charge is 0.342 e. The highest BCUT2D eigenvalue weighted by Gasteiger charge is 2.36. The number of hydrogen-bond donors (Lipinski definition) is 1. The van der Waals surface area contributed by atoms with Gasteiger partial charge in [0.1, 0.15) is 0 Å². The molecule has 1 amide bonds. The van der Waals surface area contributed by atoms with Crippen molar-refractivity contribution in [1.29, 1.82) is 0 Å². The molecule has 0 spiro atoms. The molecule has 0 bridgehead atoms. The Kier molecular flexibility index (Phi) is 4.29. The molecule has 0 aromatic heterocycles. The highest BCUT2D eigenvalue weighted by Crippen LogP contribution is 2.34. The molecule has 1 aromatic rings. The number of nitrogens with zero attached hydrogens (tertiary/aromatic N) is 1. The van der Waals surface area contributed by atoms with E-state index in [0.717, 1.165) is 38.8 Å². The second kappa shape index (κ2) is 6.18. The van der Waals surface area contributed by atoms with Crippen LogP contribution >= 0.6 is 0 Å². The van der Waals surface area contributed by atoms with Crippen molar-refractivity contribution in [2.45, 2.75) is 44.6 Å². The Bertz CT molecular complexity index is 487. The van der Waals surface area contributed by atoms with Gasteiger partial charge in [-0.3, -0.25) is 4.79 Å². The third-order valence-electron chi connectivity index (χ3n) is 5.33. The predicted octanol–water partition coefficient (Wildman–Crippen LogP) is 2.77. The minimum absolute atomic E-state index is 0.0745. The van der Waals surface area contributed by atoms with Crippen LogP contribution in [0, 0.1) is 11.8 Å². The van der Waals surface area contributed by atoms with Crippen LogP contribution in [0.2, 0.25) is 0 Å². The van der Waals surface area contributed by atoms with E-state index in [1.807, 2.05) is 0 Å². The van der Waals surface area contributed by atoms with Crippen molar-refractivity contribution in [3.8, 4) is 0 Å². The molecule has 1 saturated carbocycles. The summed E-state index contributed by atoms with van der Waals surface area (Å²) in [6, 6.07) is 10.8. The summed E-state index contributed by atoms with van der Waals surface area (Å²) in [5, 5.41) is 0. The minimum Gasteiger partial charge on any atom is -0.342 e. The molecule has 4 atom stereocenters. The zero-order chi connectivity index (χ0) is 14.8. The first-order valence-electron chi connectivity index (χ1n) is 8.26. The maximum Gasteiger partial charge on any atom is 0.227 e. The van der Waals surface area contributed by atoms with Crippen LogP contribution < -0.4 is 5.73 Å². The highest BCUT2D eigenvalue weighted by atomic mass is 16.2. The summed E-state index contributed by atoms with van der Waals surface area (Å²) < 4.78 is 0. The van der Waals surface area contributed by atoms with Crippen LogP contribution in [0.3, 0.4) is 0 Å². The number of carbonyl (C=O) groups is 1. The first-order chi connectivity index (χ1) is 10.2. The number of amides is 1. The van der Waals surface area contributed by atoms with Crippen molar-refractivity contribution in [1.82, 2.24) is 4.90 Å². The first kappa shape index (κ1) is 14.6. The Morgan fingerprint density at radius 1 is 1.19 bits per heavy atom. The number of benzene rings is 1. The van der Waals surface area contributed by atoms with E-state index in [0.29, 0.717) is 17.7 Å². The maximum atomic E-state index is 12.6. The van der Waals surface area contributed by atoms with Gasteiger partial charge in [0.05, 0.1) is 5.92 Å². The topological polar surface area (TPSA) is 46.3 Å². The molecule has 2 N–H and O–H groups in total. The second-order valence-electron chi connectivity index (χ2n) is 6.77. The first-order valence-corrected chi connectivity index (χ1v) is 8.26. The van der Waals surface area contributed by atoms with Gasteiger partial charge >= 0.3 is 0 Å². The fourth-order valence-corrected chi connectivity index (χ4v) is 4.07. The molecule has 3 nitrogen and oxygen atoms in total. The molecule has 2 aliphatic rings. The molecular weight excluding hydrogens is 260 g/mol. The van der Waals surface area contributed by atoms with Gasteiger partial charge in [-0.2, -0.15) is 0 Å². The Labute approximate surface area is 127 Å². The number of hydrogen-bond acceptors (Lipinski definition) is 2. The lowest BCUT2D eigenvalue weighted by atomic mass is 9.81. The van der Waals surface area contributed by atoms with E-state index in [1.165, 1.54) is 5.56 Å². The lowest BCUT2D eigenvalue weighted by Crippen LogP contribution is -2.47. The predicted molar refractivity (Wildman–Crippen MR) is 84.9 cm³/mol. The molecule has 1 aliphatic heterocycles. The van der Waals surface area contributed by atoms with Gasteiger partial charge in [0.25, 0.3) is 0 Å². The average molecular weight is 286 g/mol. The number of likely N-dealkylation sites (tertiary alicyclic amines) is 1. The van der Waals surface area contributed by atoms with Gasteiger partial charge in [0, 0.05) is 19.1 Å². The number of carbonyl (C=O) groups excluding carboxylic acids is 1. The normalized spacial score (nSPS) is 33.1. The summed E-state index contributed by atoms with van der Waals surface area (Å²) in [5.41, 5.74) is 7.50. The molecule has 3 heteroatoms. The van der Waals surface area contributed by atoms with Crippen LogP contribution in [0.1, 0.15) is 44.1 Å². The molecule has 1 aromatic carbocycles. The second-order valence-corrected chi connectivity index (χ2v) is 6.77. The van der Waals surface area contributed by atoms with E-state index in [-0.39, 0.29) is 12.0 Å². The number of nitrogens with two attached hydrogens (primary N) is 1. The third kappa shape index (κ3) is 2.98. The maximum absolute atomic E-state index is 12.6. The van der Waals surface area contributed by atoms with E-state index in [9.17, 15) is 4.79 Å². The number of rotatable bonds is 2. The Morgan fingerprint density at radius 2 is 1.95 bits per heavy atom. The summed E-state index contributed by atoms with van der Waals surface area (Å²) in [4.78, 5) is 14.7. The van der Waals surface area contributed by atoms with Crippen molar-refractivity contribution in [2.24, 2.45) is 17.6 Å². The lowest BCUT2D eigenvalue weighted by molar-refractivity contribution is -0.137. The SMILES string of the molecule is CC1CN(C(=O)C2CCCC2N)CCC1c1ccccc1. The van der Waals surface area contributed by atoms with E-state index in [4.69, 9.17) is 5.73 Å². The van der Waals surface area contributed by atoms with Gasteiger partial charge in [0.15, 0.2) is 0 Å². The summed E-state index contributed by atoms with van der Waals surface area (Å²) in [6.07, 6.45) is 4.16. The van der Waals surface area contributed by atoms with Crippen molar-refractivity contribution in [2.75, 3.05) is 13.1 Å². The van der Waals surface area contributed by atoms with E-state index in [1.54, 1.807) is 0 Å². The van der Waals surface area contributed by atoms with Crippen LogP contribution in [-0.2, 0) is 4.79 Å². The molecule has 2 fully saturated rings. The van der Waals surface area contributed by atoms with Crippen molar-refractivity contribution >= 4 is 5.91 Å². The van der Waals surface area contributed by atoms with Crippen molar-refractivity contribution in [3.05, 3.63) is 35.9 Å². The smallest absolute Gasteiger partial charge is 0.227 e. The summed E-state index contributed by atoms with van der Waals surface area (Å²) in [6.45, 7) is 4.03. The molecular formula is C18H26N2O. The van der Waals surface area contributed by atoms with Crippen molar-refractivity contribution < 1.29 is 4.79 Å². The van der Waals surface area contributed by atoms with E-state index in [2.05, 4.69) is 42.2 Å². The van der Waals surface area contributed by atoms with Crippen LogP contribution in [0.15, 0.2) is 30.3 Å². The fraction of sp³-hybridized carbons (Fsp3) is 0.611. The van der Waals surface area contributed by atoms with Gasteiger partial charge in [-0.05, 0) is 36.7 Å². The highest BCUT2D eigenvalue weighted by molar-refractivity contribution is 5.80. The van der Waals surface area contributed by atoms with Crippen LogP contribution in [-0.4, -0.2) is 29.9 Å². The average Bonchev–Trinajstić information content (AvgIpc) is 2.93. The van der Waals surface area contributed by atoms with Gasteiger partial charge in [-0.25, -0.2) is 0 Å². The van der Waals surface area contributed by atoms with Crippen LogP contribution in [0.4, 0.5) is 0 Å². The van der Waals surface area contributed by atoms with Gasteiger partial charge < -0.3 is 10.6 Å². The van der Waals surface area contributed by atoms with Gasteiger partial charge in [0.2, 0.25) is 5.91 Å². The third-order valence-corrected chi connectivity index (χ3v) is 5.33. The van der Waals surface area contributed by atoms with Crippen LogP contribution in [0.5, 0.6) is 0 Å². The van der Waals surface area contributed by atoms with Crippen LogP contribution in [0.25, 0.3) is 0 Å². The van der Waals surface area contributed by atoms with Crippen molar-refractivity contribution in [3.63, 3.8) is 0 Å². The Hall–Kier alpha value is -1.35. The summed E-state index contributed by atoms with van der Waals surface area (Å²) in [7, 11) is 0. The molecule has 1 saturated heterocycles. The molecule has 21 heavy (non-hydrogen) atoms. The minimum atomic E-state index is 0.0745. The lowest BCUT2D eigenvalue weighted by Gasteiger charge is -2.38. The standard InChI is InChI=1S/C18H26N2O/c1-13-12-20(18(21)16-8-5-9-17(16)19)11-10-15(13)14-6-3-2-4-7-14/h2-4,6-7,13,15-17H,5,8-12,19H2,1H3. The molecule has 1 heterocycles. The zero-order valence-electron chi connectivity index (χ0n) is 12.9. The van der Waals surface area contributed by atoms with E-state index < -0.39 is 0 Å². The zero-order valence-corrected chi connectivity index (χ0v) is 12.9. The van der Waals surface area contributed by atoms with Gasteiger partial charge in [-0.1, -0.05) is 43.7 Å². The number of piperidine rings is 1. The Morgan fingerprint density at radius 3 is 2.57 bits per heavy atom. The fourth-order valence-electron chi connectivity index (χ4n) is 4.07.